The summed E-state index contributed by atoms with van der Waals surface area (Å²) in [7, 11) is 3.38. The van der Waals surface area contributed by atoms with Gasteiger partial charge in [0.05, 0.1) is 23.0 Å². The van der Waals surface area contributed by atoms with E-state index in [1.54, 1.807) is 73.5 Å². The number of carbonyl (C=O) groups excluding carboxylic acids is 1. The van der Waals surface area contributed by atoms with Gasteiger partial charge in [-0.2, -0.15) is 15.3 Å². The molecule has 0 saturated heterocycles. The lowest BCUT2D eigenvalue weighted by Gasteiger charge is -2.14. The molecule has 0 bridgehead atoms. The standard InChI is InChI=1S/C30H29N9O2/c1-30(2,3)24-15-25(39(37-24)22-11-9-18(16-31)10-12-22)35-29(41)34-21-8-6-7-19(13-21)23-14-20-17-33-28(32-4)36-26(20)38(5)27(23)40/h6-15,17H,1-5H3,(H,32,33,36)(H2,34,35,41). The van der Waals surface area contributed by atoms with Crippen LogP contribution in [0.2, 0.25) is 0 Å². The minimum Gasteiger partial charge on any atom is -0.357 e. The van der Waals surface area contributed by atoms with Crippen LogP contribution < -0.4 is 21.5 Å². The van der Waals surface area contributed by atoms with Gasteiger partial charge >= 0.3 is 6.03 Å². The third kappa shape index (κ3) is 5.49. The van der Waals surface area contributed by atoms with E-state index in [1.165, 1.54) is 4.57 Å². The molecule has 0 spiro atoms. The maximum atomic E-state index is 13.2. The number of urea groups is 1. The summed E-state index contributed by atoms with van der Waals surface area (Å²) >= 11 is 0. The Balaban J connectivity index is 1.43. The number of nitrogens with zero attached hydrogens (tertiary/aromatic N) is 6. The van der Waals surface area contributed by atoms with Crippen molar-refractivity contribution in [2.75, 3.05) is 23.0 Å². The van der Waals surface area contributed by atoms with Crippen molar-refractivity contribution in [3.63, 3.8) is 0 Å². The molecular weight excluding hydrogens is 518 g/mol. The lowest BCUT2D eigenvalue weighted by Crippen LogP contribution is -2.22. The Hall–Kier alpha value is -5.50. The highest BCUT2D eigenvalue weighted by atomic mass is 16.2. The van der Waals surface area contributed by atoms with Crippen molar-refractivity contribution in [1.29, 1.82) is 5.26 Å². The average Bonchev–Trinajstić information content (AvgIpc) is 3.39. The average molecular weight is 548 g/mol. The van der Waals surface area contributed by atoms with Crippen LogP contribution in [0.25, 0.3) is 27.8 Å². The Morgan fingerprint density at radius 2 is 1.78 bits per heavy atom. The normalized spacial score (nSPS) is 11.2. The van der Waals surface area contributed by atoms with Crippen LogP contribution in [0, 0.1) is 11.3 Å². The van der Waals surface area contributed by atoms with Gasteiger partial charge in [-0.05, 0) is 48.0 Å². The van der Waals surface area contributed by atoms with Gasteiger partial charge in [0.1, 0.15) is 11.5 Å². The second kappa shape index (κ2) is 10.6. The fraction of sp³-hybridized carbons (Fsp3) is 0.200. The number of fused-ring (bicyclic) bond motifs is 1. The molecule has 0 saturated carbocycles. The van der Waals surface area contributed by atoms with Crippen LogP contribution in [-0.2, 0) is 12.5 Å². The number of nitrogens with one attached hydrogen (secondary N) is 3. The molecule has 3 aromatic heterocycles. The van der Waals surface area contributed by atoms with Crippen molar-refractivity contribution in [3.8, 4) is 22.9 Å². The molecule has 206 valence electrons. The lowest BCUT2D eigenvalue weighted by molar-refractivity contribution is 0.262. The first-order valence-electron chi connectivity index (χ1n) is 12.9. The number of aryl methyl sites for hydroxylation is 1. The number of anilines is 3. The van der Waals surface area contributed by atoms with Gasteiger partial charge in [0.15, 0.2) is 0 Å². The molecule has 5 rings (SSSR count). The van der Waals surface area contributed by atoms with Crippen LogP contribution in [0.4, 0.5) is 22.2 Å². The number of carbonyl (C=O) groups is 1. The zero-order valence-electron chi connectivity index (χ0n) is 23.4. The van der Waals surface area contributed by atoms with E-state index in [-0.39, 0.29) is 11.0 Å². The number of rotatable bonds is 5. The van der Waals surface area contributed by atoms with Crippen LogP contribution in [0.1, 0.15) is 32.0 Å². The molecule has 11 heteroatoms. The number of aromatic nitrogens is 5. The molecule has 0 atom stereocenters. The molecule has 5 aromatic rings. The zero-order chi connectivity index (χ0) is 29.3. The fourth-order valence-electron chi connectivity index (χ4n) is 4.33. The highest BCUT2D eigenvalue weighted by Gasteiger charge is 2.22. The number of benzene rings is 2. The van der Waals surface area contributed by atoms with Gasteiger partial charge < -0.3 is 10.6 Å². The first-order valence-corrected chi connectivity index (χ1v) is 12.9. The lowest BCUT2D eigenvalue weighted by atomic mass is 9.92. The predicted molar refractivity (Wildman–Crippen MR) is 159 cm³/mol. The Bertz CT molecular complexity index is 1870. The fourth-order valence-corrected chi connectivity index (χ4v) is 4.33. The summed E-state index contributed by atoms with van der Waals surface area (Å²) in [5.41, 5.74) is 3.65. The number of pyridine rings is 1. The minimum atomic E-state index is -0.475. The van der Waals surface area contributed by atoms with Crippen molar-refractivity contribution in [2.45, 2.75) is 26.2 Å². The first-order chi connectivity index (χ1) is 19.6. The van der Waals surface area contributed by atoms with Gasteiger partial charge in [-0.1, -0.05) is 32.9 Å². The summed E-state index contributed by atoms with van der Waals surface area (Å²) in [6.07, 6.45) is 1.66. The van der Waals surface area contributed by atoms with Gasteiger partial charge in [-0.25, -0.2) is 14.5 Å². The summed E-state index contributed by atoms with van der Waals surface area (Å²) in [4.78, 5) is 35.0. The van der Waals surface area contributed by atoms with E-state index in [4.69, 9.17) is 10.4 Å². The van der Waals surface area contributed by atoms with E-state index in [0.717, 1.165) is 5.69 Å². The van der Waals surface area contributed by atoms with Gasteiger partial charge in [-0.3, -0.25) is 14.7 Å². The van der Waals surface area contributed by atoms with Crippen molar-refractivity contribution in [1.82, 2.24) is 24.3 Å². The third-order valence-corrected chi connectivity index (χ3v) is 6.56. The number of nitriles is 1. The first kappa shape index (κ1) is 27.1. The number of hydrogen-bond acceptors (Lipinski definition) is 7. The summed E-state index contributed by atoms with van der Waals surface area (Å²) in [6, 6.07) is 19.2. The van der Waals surface area contributed by atoms with Crippen molar-refractivity contribution in [3.05, 3.63) is 88.5 Å². The molecule has 3 N–H and O–H groups in total. The molecule has 0 radical (unpaired) electrons. The van der Waals surface area contributed by atoms with E-state index >= 15 is 0 Å². The highest BCUT2D eigenvalue weighted by molar-refractivity contribution is 6.00. The van der Waals surface area contributed by atoms with E-state index in [9.17, 15) is 9.59 Å². The molecule has 3 heterocycles. The number of hydrogen-bond donors (Lipinski definition) is 3. The van der Waals surface area contributed by atoms with Crippen molar-refractivity contribution < 1.29 is 4.79 Å². The van der Waals surface area contributed by atoms with Crippen LogP contribution in [0.5, 0.6) is 0 Å². The zero-order valence-corrected chi connectivity index (χ0v) is 23.4. The maximum Gasteiger partial charge on any atom is 0.324 e. The van der Waals surface area contributed by atoms with Crippen LogP contribution in [0.3, 0.4) is 0 Å². The minimum absolute atomic E-state index is 0.221. The molecule has 2 amide bonds. The Morgan fingerprint density at radius 1 is 1.02 bits per heavy atom. The SMILES string of the molecule is CNc1ncc2cc(-c3cccc(NC(=O)Nc4cc(C(C)(C)C)nn4-c4ccc(C#N)cc4)c3)c(=O)n(C)c2n1. The van der Waals surface area contributed by atoms with Gasteiger partial charge in [0.25, 0.3) is 5.56 Å². The van der Waals surface area contributed by atoms with Crippen molar-refractivity contribution in [2.24, 2.45) is 7.05 Å². The Labute approximate surface area is 236 Å². The summed E-state index contributed by atoms with van der Waals surface area (Å²) in [5.74, 6) is 0.894. The molecule has 0 unspecified atom stereocenters. The summed E-state index contributed by atoms with van der Waals surface area (Å²) < 4.78 is 3.12. The van der Waals surface area contributed by atoms with E-state index < -0.39 is 6.03 Å². The summed E-state index contributed by atoms with van der Waals surface area (Å²) in [6.45, 7) is 6.11. The maximum absolute atomic E-state index is 13.2. The second-order valence-corrected chi connectivity index (χ2v) is 10.5. The largest absolute Gasteiger partial charge is 0.357 e. The highest BCUT2D eigenvalue weighted by Crippen LogP contribution is 2.27. The van der Waals surface area contributed by atoms with E-state index in [1.807, 2.05) is 32.9 Å². The Kier molecular flexibility index (Phi) is 6.99. The van der Waals surface area contributed by atoms with Gasteiger partial charge in [0.2, 0.25) is 5.95 Å². The number of amides is 2. The van der Waals surface area contributed by atoms with E-state index in [2.05, 4.69) is 32.0 Å². The molecule has 2 aromatic carbocycles. The van der Waals surface area contributed by atoms with Crippen molar-refractivity contribution >= 4 is 34.5 Å². The smallest absolute Gasteiger partial charge is 0.324 e. The Morgan fingerprint density at radius 3 is 2.46 bits per heavy atom. The second-order valence-electron chi connectivity index (χ2n) is 10.5. The third-order valence-electron chi connectivity index (χ3n) is 6.56. The summed E-state index contributed by atoms with van der Waals surface area (Å²) in [5, 5.41) is 23.2. The van der Waals surface area contributed by atoms with Crippen LogP contribution in [-0.4, -0.2) is 37.4 Å². The predicted octanol–water partition coefficient (Wildman–Crippen LogP) is 5.04. The molecule has 41 heavy (non-hydrogen) atoms. The molecule has 11 nitrogen and oxygen atoms in total. The van der Waals surface area contributed by atoms with Crippen LogP contribution in [0.15, 0.2) is 71.7 Å². The molecule has 0 aliphatic rings. The molecule has 0 fully saturated rings. The monoisotopic (exact) mass is 547 g/mol. The van der Waals surface area contributed by atoms with Gasteiger partial charge in [-0.15, -0.1) is 0 Å². The molecular formula is C30H29N9O2. The molecule has 0 aliphatic carbocycles. The molecule has 0 aliphatic heterocycles. The topological polar surface area (TPSA) is 143 Å². The van der Waals surface area contributed by atoms with Crippen LogP contribution >= 0.6 is 0 Å². The van der Waals surface area contributed by atoms with E-state index in [0.29, 0.717) is 50.9 Å². The van der Waals surface area contributed by atoms with Gasteiger partial charge in [0, 0.05) is 48.4 Å². The quantitative estimate of drug-likeness (QED) is 0.280.